The third kappa shape index (κ3) is 1.99. The summed E-state index contributed by atoms with van der Waals surface area (Å²) in [5, 5.41) is 5.33. The van der Waals surface area contributed by atoms with Gasteiger partial charge in [-0.25, -0.2) is 4.98 Å². The smallest absolute Gasteiger partial charge is 0.160 e. The Morgan fingerprint density at radius 2 is 2.00 bits per heavy atom. The van der Waals surface area contributed by atoms with Crippen molar-refractivity contribution >= 4 is 23.1 Å². The van der Waals surface area contributed by atoms with Crippen LogP contribution < -0.4 is 4.90 Å². The van der Waals surface area contributed by atoms with Gasteiger partial charge in [-0.3, -0.25) is 9.48 Å². The third-order valence-electron chi connectivity index (χ3n) is 3.79. The first kappa shape index (κ1) is 12.1. The Balaban J connectivity index is 2.16. The molecule has 0 spiro atoms. The normalized spacial score (nSPS) is 16.0. The van der Waals surface area contributed by atoms with Gasteiger partial charge in [-0.1, -0.05) is 0 Å². The quantitative estimate of drug-likeness (QED) is 0.774. The van der Waals surface area contributed by atoms with E-state index in [1.54, 1.807) is 4.68 Å². The molecule has 3 heterocycles. The van der Waals surface area contributed by atoms with Crippen LogP contribution in [0.3, 0.4) is 0 Å². The fourth-order valence-electron chi connectivity index (χ4n) is 2.79. The van der Waals surface area contributed by atoms with Crippen molar-refractivity contribution in [1.29, 1.82) is 0 Å². The summed E-state index contributed by atoms with van der Waals surface area (Å²) in [4.78, 5) is 18.2. The molecule has 5 nitrogen and oxygen atoms in total. The number of aldehydes is 1. The van der Waals surface area contributed by atoms with E-state index >= 15 is 0 Å². The largest absolute Gasteiger partial charge is 0.356 e. The summed E-state index contributed by atoms with van der Waals surface area (Å²) in [6.07, 6.45) is 4.51. The Morgan fingerprint density at radius 1 is 1.26 bits per heavy atom. The van der Waals surface area contributed by atoms with E-state index in [9.17, 15) is 4.79 Å². The number of piperidine rings is 1. The fourth-order valence-corrected chi connectivity index (χ4v) is 2.79. The van der Waals surface area contributed by atoms with Crippen molar-refractivity contribution in [3.05, 3.63) is 17.3 Å². The molecule has 2 aromatic heterocycles. The van der Waals surface area contributed by atoms with Gasteiger partial charge >= 0.3 is 0 Å². The first-order valence-electron chi connectivity index (χ1n) is 6.75. The van der Waals surface area contributed by atoms with Gasteiger partial charge in [-0.15, -0.1) is 0 Å². The van der Waals surface area contributed by atoms with Crippen molar-refractivity contribution in [1.82, 2.24) is 14.8 Å². The Morgan fingerprint density at radius 3 is 2.68 bits per heavy atom. The van der Waals surface area contributed by atoms with E-state index in [2.05, 4.69) is 15.0 Å². The number of rotatable bonds is 2. The summed E-state index contributed by atoms with van der Waals surface area (Å²) < 4.78 is 1.78. The second-order valence-corrected chi connectivity index (χ2v) is 5.15. The van der Waals surface area contributed by atoms with Crippen molar-refractivity contribution < 1.29 is 4.79 Å². The molecule has 0 aromatic carbocycles. The lowest BCUT2D eigenvalue weighted by Gasteiger charge is -2.28. The van der Waals surface area contributed by atoms with Crippen LogP contribution in [0.15, 0.2) is 6.07 Å². The van der Waals surface area contributed by atoms with E-state index in [0.29, 0.717) is 5.56 Å². The Labute approximate surface area is 112 Å². The van der Waals surface area contributed by atoms with Crippen LogP contribution in [0.5, 0.6) is 0 Å². The van der Waals surface area contributed by atoms with Crippen LogP contribution in [0.25, 0.3) is 11.0 Å². The molecule has 1 saturated heterocycles. The van der Waals surface area contributed by atoms with Crippen molar-refractivity contribution in [3.8, 4) is 0 Å². The minimum Gasteiger partial charge on any atom is -0.356 e. The van der Waals surface area contributed by atoms with Gasteiger partial charge in [0, 0.05) is 25.5 Å². The lowest BCUT2D eigenvalue weighted by atomic mass is 10.1. The maximum atomic E-state index is 11.3. The predicted molar refractivity (Wildman–Crippen MR) is 74.7 cm³/mol. The highest BCUT2D eigenvalue weighted by Crippen LogP contribution is 2.26. The van der Waals surface area contributed by atoms with E-state index in [1.165, 1.54) is 19.3 Å². The third-order valence-corrected chi connectivity index (χ3v) is 3.79. The first-order valence-corrected chi connectivity index (χ1v) is 6.75. The number of anilines is 1. The molecule has 2 aromatic rings. The van der Waals surface area contributed by atoms with E-state index < -0.39 is 0 Å². The van der Waals surface area contributed by atoms with Gasteiger partial charge < -0.3 is 4.90 Å². The Bertz CT molecular complexity index is 626. The highest BCUT2D eigenvalue weighted by Gasteiger charge is 2.18. The number of aromatic nitrogens is 3. The average Bonchev–Trinajstić information content (AvgIpc) is 2.73. The summed E-state index contributed by atoms with van der Waals surface area (Å²) in [7, 11) is 1.89. The number of pyridine rings is 1. The Kier molecular flexibility index (Phi) is 2.97. The molecule has 19 heavy (non-hydrogen) atoms. The fraction of sp³-hybridized carbons (Fsp3) is 0.500. The molecule has 100 valence electrons. The molecule has 3 rings (SSSR count). The van der Waals surface area contributed by atoms with E-state index in [-0.39, 0.29) is 0 Å². The summed E-state index contributed by atoms with van der Waals surface area (Å²) >= 11 is 0. The molecule has 0 aliphatic carbocycles. The van der Waals surface area contributed by atoms with Crippen molar-refractivity contribution in [3.63, 3.8) is 0 Å². The number of nitrogens with zero attached hydrogens (tertiary/aromatic N) is 4. The zero-order chi connectivity index (χ0) is 13.4. The molecule has 0 amide bonds. The molecular formula is C14H18N4O. The molecule has 0 radical (unpaired) electrons. The molecule has 0 bridgehead atoms. The molecule has 0 atom stereocenters. The van der Waals surface area contributed by atoms with Crippen LogP contribution in [0.4, 0.5) is 5.82 Å². The second kappa shape index (κ2) is 4.64. The van der Waals surface area contributed by atoms with Gasteiger partial charge in [0.05, 0.1) is 11.3 Å². The van der Waals surface area contributed by atoms with Crippen LogP contribution >= 0.6 is 0 Å². The number of carbonyl (C=O) groups excluding carboxylic acids is 1. The minimum absolute atomic E-state index is 0.672. The summed E-state index contributed by atoms with van der Waals surface area (Å²) in [5.74, 6) is 0.810. The van der Waals surface area contributed by atoms with Gasteiger partial charge in [0.2, 0.25) is 0 Å². The number of hydrogen-bond acceptors (Lipinski definition) is 4. The SMILES string of the molecule is Cc1nn(C)c2nc(N3CCCCC3)c(C=O)cc12. The molecule has 1 fully saturated rings. The highest BCUT2D eigenvalue weighted by molar-refractivity contribution is 5.91. The lowest BCUT2D eigenvalue weighted by molar-refractivity contribution is 0.112. The van der Waals surface area contributed by atoms with Gasteiger partial charge in [0.25, 0.3) is 0 Å². The minimum atomic E-state index is 0.672. The van der Waals surface area contributed by atoms with Crippen LogP contribution in [-0.2, 0) is 7.05 Å². The number of aryl methyl sites for hydroxylation is 2. The van der Waals surface area contributed by atoms with Crippen LogP contribution in [0, 0.1) is 6.92 Å². The van der Waals surface area contributed by atoms with Gasteiger partial charge in [0.1, 0.15) is 5.82 Å². The first-order chi connectivity index (χ1) is 9.20. The summed E-state index contributed by atoms with van der Waals surface area (Å²) in [5.41, 5.74) is 2.44. The summed E-state index contributed by atoms with van der Waals surface area (Å²) in [6, 6.07) is 1.92. The maximum Gasteiger partial charge on any atom is 0.160 e. The average molecular weight is 258 g/mol. The maximum absolute atomic E-state index is 11.3. The van der Waals surface area contributed by atoms with Crippen molar-refractivity contribution in [2.24, 2.45) is 7.05 Å². The number of hydrogen-bond donors (Lipinski definition) is 0. The van der Waals surface area contributed by atoms with Gasteiger partial charge in [-0.05, 0) is 32.3 Å². The molecule has 0 unspecified atom stereocenters. The molecule has 1 aliphatic rings. The van der Waals surface area contributed by atoms with Crippen LogP contribution in [-0.4, -0.2) is 34.1 Å². The molecule has 5 heteroatoms. The van der Waals surface area contributed by atoms with E-state index in [4.69, 9.17) is 0 Å². The number of fused-ring (bicyclic) bond motifs is 1. The topological polar surface area (TPSA) is 51.0 Å². The highest BCUT2D eigenvalue weighted by atomic mass is 16.1. The van der Waals surface area contributed by atoms with Crippen LogP contribution in [0.1, 0.15) is 35.3 Å². The van der Waals surface area contributed by atoms with E-state index in [1.807, 2.05) is 20.0 Å². The molecular weight excluding hydrogens is 240 g/mol. The Hall–Kier alpha value is -1.91. The summed E-state index contributed by atoms with van der Waals surface area (Å²) in [6.45, 7) is 3.91. The molecule has 0 N–H and O–H groups in total. The predicted octanol–water partition coefficient (Wildman–Crippen LogP) is 2.08. The standard InChI is InChI=1S/C14H18N4O/c1-10-12-8-11(9-19)13(15-14(12)17(2)16-10)18-6-4-3-5-7-18/h8-9H,3-7H2,1-2H3. The second-order valence-electron chi connectivity index (χ2n) is 5.15. The molecule has 1 aliphatic heterocycles. The zero-order valence-electron chi connectivity index (χ0n) is 11.4. The monoisotopic (exact) mass is 258 g/mol. The van der Waals surface area contributed by atoms with Gasteiger partial charge in [-0.2, -0.15) is 5.10 Å². The van der Waals surface area contributed by atoms with E-state index in [0.717, 1.165) is 41.9 Å². The van der Waals surface area contributed by atoms with Gasteiger partial charge in [0.15, 0.2) is 11.9 Å². The molecule has 0 saturated carbocycles. The van der Waals surface area contributed by atoms with Crippen molar-refractivity contribution in [2.45, 2.75) is 26.2 Å². The zero-order valence-corrected chi connectivity index (χ0v) is 11.4. The van der Waals surface area contributed by atoms with Crippen LogP contribution in [0.2, 0.25) is 0 Å². The van der Waals surface area contributed by atoms with Crippen molar-refractivity contribution in [2.75, 3.05) is 18.0 Å². The lowest BCUT2D eigenvalue weighted by Crippen LogP contribution is -2.31. The number of carbonyl (C=O) groups is 1.